The van der Waals surface area contributed by atoms with Crippen LogP contribution in [0.4, 0.5) is 11.4 Å². The van der Waals surface area contributed by atoms with Crippen LogP contribution in [0.25, 0.3) is 0 Å². The third-order valence-electron chi connectivity index (χ3n) is 5.34. The lowest BCUT2D eigenvalue weighted by Gasteiger charge is -2.11. The fraction of sp³-hybridized carbons (Fsp3) is 0.522. The van der Waals surface area contributed by atoms with E-state index in [-0.39, 0.29) is 131 Å². The molecule has 316 valence electrons. The summed E-state index contributed by atoms with van der Waals surface area (Å²) >= 11 is 0. The normalized spacial score (nSPS) is 10.6. The van der Waals surface area contributed by atoms with Crippen molar-refractivity contribution in [1.82, 2.24) is 9.80 Å². The van der Waals surface area contributed by atoms with E-state index in [0.29, 0.717) is 34.2 Å². The molecule has 3 aromatic carbocycles. The SMILES string of the molecule is C.C.C.C.C.C.C.C.C.C.C.C.C.C.C.C.CC.CC.CC.CN1C(=O)c2ccccc2C1=Nc1cccc(N=C2c3ccccc3C(=O)N2C)c1. The molecule has 0 bridgehead atoms. The summed E-state index contributed by atoms with van der Waals surface area (Å²) in [5.41, 5.74) is 4.30. The van der Waals surface area contributed by atoms with Gasteiger partial charge in [0.15, 0.2) is 0 Å². The molecule has 0 saturated carbocycles. The van der Waals surface area contributed by atoms with Gasteiger partial charge in [-0.2, -0.15) is 0 Å². The Balaban J connectivity index is -0.0000000457. The number of hydrogen-bond acceptors (Lipinski definition) is 4. The second-order valence-corrected chi connectivity index (χ2v) is 7.21. The second kappa shape index (κ2) is 46.9. The molecular weight excluding hydrogens is 641 g/mol. The lowest BCUT2D eigenvalue weighted by Crippen LogP contribution is -2.25. The van der Waals surface area contributed by atoms with Gasteiger partial charge in [0.05, 0.1) is 22.5 Å². The average molecular weight is 741 g/mol. The van der Waals surface area contributed by atoms with Crippen LogP contribution < -0.4 is 0 Å². The number of amides is 2. The van der Waals surface area contributed by atoms with Crippen molar-refractivity contribution in [2.45, 2.75) is 160 Å². The Labute approximate surface area is 332 Å². The molecule has 0 unspecified atom stereocenters. The Morgan fingerprint density at radius 1 is 0.365 bits per heavy atom. The Morgan fingerprint density at radius 2 is 0.596 bits per heavy atom. The fourth-order valence-corrected chi connectivity index (χ4v) is 3.79. The molecular formula is C46H100N4O2. The smallest absolute Gasteiger partial charge is 0.259 e. The number of aliphatic imine (C=N–C) groups is 2. The summed E-state index contributed by atoms with van der Waals surface area (Å²) in [7, 11) is 3.45. The van der Waals surface area contributed by atoms with E-state index in [4.69, 9.17) is 9.98 Å². The van der Waals surface area contributed by atoms with E-state index in [2.05, 4.69) is 0 Å². The lowest BCUT2D eigenvalue weighted by atomic mass is 10.1. The summed E-state index contributed by atoms with van der Waals surface area (Å²) in [6.45, 7) is 12.0. The van der Waals surface area contributed by atoms with Crippen LogP contribution >= 0.6 is 0 Å². The van der Waals surface area contributed by atoms with Gasteiger partial charge in [-0.1, -0.05) is 203 Å². The first-order valence-electron chi connectivity index (χ1n) is 12.6. The maximum absolute atomic E-state index is 12.5. The van der Waals surface area contributed by atoms with Gasteiger partial charge in [-0.05, 0) is 30.3 Å². The van der Waals surface area contributed by atoms with Crippen LogP contribution in [0, 0.1) is 0 Å². The van der Waals surface area contributed by atoms with Gasteiger partial charge in [-0.15, -0.1) is 0 Å². The molecule has 0 aromatic heterocycles. The highest BCUT2D eigenvalue weighted by Crippen LogP contribution is 2.29. The van der Waals surface area contributed by atoms with E-state index >= 15 is 0 Å². The zero-order valence-corrected chi connectivity index (χ0v) is 22.5. The minimum atomic E-state index is -0.0663. The van der Waals surface area contributed by atoms with Crippen molar-refractivity contribution in [3.8, 4) is 0 Å². The van der Waals surface area contributed by atoms with Crippen molar-refractivity contribution in [2.24, 2.45) is 9.98 Å². The fourth-order valence-electron chi connectivity index (χ4n) is 3.79. The maximum atomic E-state index is 12.5. The van der Waals surface area contributed by atoms with Crippen LogP contribution in [-0.4, -0.2) is 47.4 Å². The highest BCUT2D eigenvalue weighted by Gasteiger charge is 2.31. The third-order valence-corrected chi connectivity index (χ3v) is 5.34. The molecule has 6 heteroatoms. The Bertz CT molecular complexity index is 1190. The zero-order chi connectivity index (χ0) is 26.8. The standard InChI is InChI=1S/C24H18N4O2.3C2H6.16CH4/c1-27-21(17-10-3-5-12-19(17)23(27)29)25-15-8-7-9-16(14-15)26-22-18-11-4-6-13-20(18)24(30)28(22)2;3*1-2;;;;;;;;;;;;;;;;/h3-14H,1-2H3;3*1-2H3;16*1H4. The second-order valence-electron chi connectivity index (χ2n) is 7.21. The van der Waals surface area contributed by atoms with E-state index in [9.17, 15) is 9.59 Å². The molecule has 0 spiro atoms. The van der Waals surface area contributed by atoms with E-state index in [1.807, 2.05) is 114 Å². The molecule has 0 fully saturated rings. The average Bonchev–Trinajstić information content (AvgIpc) is 3.33. The summed E-state index contributed by atoms with van der Waals surface area (Å²) in [5, 5.41) is 0. The minimum absolute atomic E-state index is 0. The summed E-state index contributed by atoms with van der Waals surface area (Å²) in [4.78, 5) is 37.5. The van der Waals surface area contributed by atoms with E-state index in [0.717, 1.165) is 11.1 Å². The number of nitrogens with zero attached hydrogens (tertiary/aromatic N) is 4. The van der Waals surface area contributed by atoms with E-state index < -0.39 is 0 Å². The van der Waals surface area contributed by atoms with E-state index in [1.165, 1.54) is 0 Å². The van der Waals surface area contributed by atoms with Crippen LogP contribution in [0.3, 0.4) is 0 Å². The van der Waals surface area contributed by atoms with Gasteiger partial charge >= 0.3 is 0 Å². The number of benzene rings is 3. The molecule has 52 heavy (non-hydrogen) atoms. The van der Waals surface area contributed by atoms with Gasteiger partial charge in [0.2, 0.25) is 0 Å². The number of carbonyl (C=O) groups is 2. The van der Waals surface area contributed by atoms with Gasteiger partial charge < -0.3 is 0 Å². The van der Waals surface area contributed by atoms with Crippen LogP contribution in [0.5, 0.6) is 0 Å². The van der Waals surface area contributed by atoms with Gasteiger partial charge in [0.25, 0.3) is 11.8 Å². The molecule has 0 atom stereocenters. The van der Waals surface area contributed by atoms with Crippen molar-refractivity contribution < 1.29 is 9.59 Å². The summed E-state index contributed by atoms with van der Waals surface area (Å²) in [5.74, 6) is 1.09. The van der Waals surface area contributed by atoms with Crippen molar-refractivity contribution in [3.05, 3.63) is 95.1 Å². The number of hydrogen-bond donors (Lipinski definition) is 0. The highest BCUT2D eigenvalue weighted by atomic mass is 16.2. The molecule has 5 rings (SSSR count). The van der Waals surface area contributed by atoms with Crippen molar-refractivity contribution in [2.75, 3.05) is 14.1 Å². The number of fused-ring (bicyclic) bond motifs is 2. The largest absolute Gasteiger partial charge is 0.295 e. The number of rotatable bonds is 2. The van der Waals surface area contributed by atoms with E-state index in [1.54, 1.807) is 23.9 Å². The van der Waals surface area contributed by atoms with Gasteiger partial charge in [-0.25, -0.2) is 9.98 Å². The van der Waals surface area contributed by atoms with Crippen LogP contribution in [-0.2, 0) is 0 Å². The maximum Gasteiger partial charge on any atom is 0.259 e. The molecule has 0 radical (unpaired) electrons. The monoisotopic (exact) mass is 741 g/mol. The molecule has 2 aliphatic heterocycles. The highest BCUT2D eigenvalue weighted by molar-refractivity contribution is 6.24. The summed E-state index contributed by atoms with van der Waals surface area (Å²) in [6.07, 6.45) is 0. The van der Waals surface area contributed by atoms with Crippen LogP contribution in [0.2, 0.25) is 0 Å². The Morgan fingerprint density at radius 3 is 0.846 bits per heavy atom. The predicted octanol–water partition coefficient (Wildman–Crippen LogP) is 17.3. The lowest BCUT2D eigenvalue weighted by molar-refractivity contribution is 0.0874. The number of amidine groups is 2. The third kappa shape index (κ3) is 20.1. The van der Waals surface area contributed by atoms with Gasteiger partial charge in [0, 0.05) is 25.2 Å². The summed E-state index contributed by atoms with van der Waals surface area (Å²) < 4.78 is 0. The molecule has 3 aromatic rings. The minimum Gasteiger partial charge on any atom is -0.295 e. The van der Waals surface area contributed by atoms with Crippen molar-refractivity contribution in [1.29, 1.82) is 0 Å². The molecule has 2 aliphatic rings. The van der Waals surface area contributed by atoms with Gasteiger partial charge in [0.1, 0.15) is 11.7 Å². The topological polar surface area (TPSA) is 65.3 Å². The molecule has 6 nitrogen and oxygen atoms in total. The molecule has 2 heterocycles. The Hall–Kier alpha value is -4.06. The first kappa shape index (κ1) is 97.4. The molecule has 0 aliphatic carbocycles. The molecule has 0 saturated heterocycles. The zero-order valence-electron chi connectivity index (χ0n) is 22.5. The van der Waals surface area contributed by atoms with Crippen molar-refractivity contribution >= 4 is 34.9 Å². The van der Waals surface area contributed by atoms with Crippen molar-refractivity contribution in [3.63, 3.8) is 0 Å². The van der Waals surface area contributed by atoms with Gasteiger partial charge in [-0.3, -0.25) is 19.4 Å². The number of carbonyl (C=O) groups excluding carboxylic acids is 2. The first-order chi connectivity index (χ1) is 17.5. The van der Waals surface area contributed by atoms with Crippen LogP contribution in [0.15, 0.2) is 82.8 Å². The molecule has 2 amide bonds. The summed E-state index contributed by atoms with van der Waals surface area (Å²) in [6, 6.07) is 22.4. The molecule has 0 N–H and O–H groups in total. The Kier molecular flexibility index (Phi) is 87.9. The first-order valence-corrected chi connectivity index (χ1v) is 12.6. The quantitative estimate of drug-likeness (QED) is 0.262. The van der Waals surface area contributed by atoms with Crippen LogP contribution in [0.1, 0.15) is 192 Å². The predicted molar refractivity (Wildman–Crippen MR) is 258 cm³/mol.